The minimum absolute atomic E-state index is 0.0871. The third kappa shape index (κ3) is 2.95. The van der Waals surface area contributed by atoms with Crippen LogP contribution in [-0.4, -0.2) is 55.4 Å². The molecule has 0 aromatic carbocycles. The summed E-state index contributed by atoms with van der Waals surface area (Å²) in [7, 11) is 0. The first kappa shape index (κ1) is 13.6. The maximum absolute atomic E-state index is 11.9. The summed E-state index contributed by atoms with van der Waals surface area (Å²) in [5.74, 6) is 0.0783. The summed E-state index contributed by atoms with van der Waals surface area (Å²) in [6.45, 7) is 1.67. The quantitative estimate of drug-likeness (QED) is 0.820. The number of halogens is 3. The van der Waals surface area contributed by atoms with Gasteiger partial charge >= 0.3 is 6.18 Å². The molecule has 0 aliphatic carbocycles. The van der Waals surface area contributed by atoms with E-state index in [4.69, 9.17) is 0 Å². The summed E-state index contributed by atoms with van der Waals surface area (Å²) < 4.78 is 40.2. The number of carbonyl (C=O) groups excluding carboxylic acids is 1. The highest BCUT2D eigenvalue weighted by Crippen LogP contribution is 2.32. The summed E-state index contributed by atoms with van der Waals surface area (Å²) in [6.07, 6.45) is -3.48. The average Bonchev–Trinajstić information content (AvgIpc) is 2.74. The van der Waals surface area contributed by atoms with E-state index in [-0.39, 0.29) is 18.0 Å². The Balaban J connectivity index is 1.85. The van der Waals surface area contributed by atoms with E-state index in [1.165, 1.54) is 0 Å². The van der Waals surface area contributed by atoms with Gasteiger partial charge in [-0.2, -0.15) is 13.2 Å². The van der Waals surface area contributed by atoms with Gasteiger partial charge in [0, 0.05) is 25.2 Å². The fraction of sp³-hybridized carbons (Fsp3) is 0.909. The molecular weight excluding hydrogens is 249 g/mol. The first-order valence-corrected chi connectivity index (χ1v) is 6.05. The number of hydrogen-bond acceptors (Lipinski definition) is 3. The largest absolute Gasteiger partial charge is 0.411 e. The van der Waals surface area contributed by atoms with Crippen molar-refractivity contribution in [3.8, 4) is 0 Å². The minimum Gasteiger partial charge on any atom is -0.362 e. The second-order valence-corrected chi connectivity index (χ2v) is 4.98. The van der Waals surface area contributed by atoms with Crippen molar-refractivity contribution in [1.29, 1.82) is 0 Å². The third-order valence-electron chi connectivity index (χ3n) is 3.56. The molecule has 1 N–H and O–H groups in total. The molecule has 0 aromatic rings. The lowest BCUT2D eigenvalue weighted by Crippen LogP contribution is -2.44. The smallest absolute Gasteiger partial charge is 0.362 e. The van der Waals surface area contributed by atoms with E-state index in [9.17, 15) is 18.0 Å². The molecule has 7 heteroatoms. The van der Waals surface area contributed by atoms with E-state index in [2.05, 4.69) is 10.1 Å². The summed E-state index contributed by atoms with van der Waals surface area (Å²) >= 11 is 0. The van der Waals surface area contributed by atoms with Gasteiger partial charge < -0.3 is 15.0 Å². The molecule has 2 heterocycles. The van der Waals surface area contributed by atoms with Crippen molar-refractivity contribution in [2.24, 2.45) is 5.92 Å². The first-order valence-electron chi connectivity index (χ1n) is 6.05. The Hall–Kier alpha value is -0.820. The number of amides is 1. The fourth-order valence-corrected chi connectivity index (χ4v) is 2.92. The van der Waals surface area contributed by atoms with Crippen LogP contribution in [-0.2, 0) is 9.53 Å². The molecule has 18 heavy (non-hydrogen) atoms. The van der Waals surface area contributed by atoms with Gasteiger partial charge in [-0.05, 0) is 19.3 Å². The topological polar surface area (TPSA) is 41.6 Å². The van der Waals surface area contributed by atoms with Crippen molar-refractivity contribution in [1.82, 2.24) is 10.2 Å². The van der Waals surface area contributed by atoms with Crippen LogP contribution in [0.3, 0.4) is 0 Å². The summed E-state index contributed by atoms with van der Waals surface area (Å²) in [6, 6.07) is 0.200. The zero-order valence-corrected chi connectivity index (χ0v) is 10.2. The van der Waals surface area contributed by atoms with Gasteiger partial charge in [-0.25, -0.2) is 0 Å². The lowest BCUT2D eigenvalue weighted by atomic mass is 10.0. The highest BCUT2D eigenvalue weighted by atomic mass is 19.4. The Morgan fingerprint density at radius 3 is 2.83 bits per heavy atom. The molecule has 2 aliphatic rings. The molecule has 0 saturated carbocycles. The number of alkyl halides is 3. The van der Waals surface area contributed by atoms with Gasteiger partial charge in [-0.1, -0.05) is 0 Å². The van der Waals surface area contributed by atoms with Crippen molar-refractivity contribution in [3.05, 3.63) is 0 Å². The standard InChI is InChI=1S/C11H17F3N2O2/c1-7-2-8-3-15-4-9(8)16(7)10(17)5-18-6-11(12,13)14/h7-9,15H,2-6H2,1H3. The van der Waals surface area contributed by atoms with Crippen molar-refractivity contribution in [2.75, 3.05) is 26.3 Å². The predicted molar refractivity (Wildman–Crippen MR) is 57.9 cm³/mol. The Labute approximate surface area is 103 Å². The zero-order chi connectivity index (χ0) is 13.3. The van der Waals surface area contributed by atoms with Gasteiger partial charge in [-0.3, -0.25) is 4.79 Å². The monoisotopic (exact) mass is 266 g/mol. The van der Waals surface area contributed by atoms with Gasteiger partial charge in [0.15, 0.2) is 0 Å². The molecule has 3 unspecified atom stereocenters. The molecule has 2 aliphatic heterocycles. The Morgan fingerprint density at radius 1 is 1.44 bits per heavy atom. The number of nitrogens with zero attached hydrogens (tertiary/aromatic N) is 1. The molecule has 3 atom stereocenters. The molecule has 4 nitrogen and oxygen atoms in total. The Bertz CT molecular complexity index is 322. The molecule has 1 amide bonds. The van der Waals surface area contributed by atoms with E-state index in [1.54, 1.807) is 4.90 Å². The normalized spacial score (nSPS) is 31.8. The Morgan fingerprint density at radius 2 is 2.17 bits per heavy atom. The van der Waals surface area contributed by atoms with E-state index < -0.39 is 19.4 Å². The highest BCUT2D eigenvalue weighted by molar-refractivity contribution is 5.78. The minimum atomic E-state index is -4.38. The molecule has 2 fully saturated rings. The third-order valence-corrected chi connectivity index (χ3v) is 3.56. The van der Waals surface area contributed by atoms with Gasteiger partial charge in [0.05, 0.1) is 0 Å². The number of fused-ring (bicyclic) bond motifs is 1. The van der Waals surface area contributed by atoms with Gasteiger partial charge in [0.25, 0.3) is 0 Å². The highest BCUT2D eigenvalue weighted by Gasteiger charge is 2.44. The van der Waals surface area contributed by atoms with E-state index in [0.29, 0.717) is 5.92 Å². The number of rotatable bonds is 3. The van der Waals surface area contributed by atoms with E-state index in [1.807, 2.05) is 6.92 Å². The number of carbonyl (C=O) groups is 1. The lowest BCUT2D eigenvalue weighted by Gasteiger charge is -2.27. The van der Waals surface area contributed by atoms with Crippen molar-refractivity contribution >= 4 is 5.91 Å². The Kier molecular flexibility index (Phi) is 3.82. The van der Waals surface area contributed by atoms with Crippen LogP contribution in [0, 0.1) is 5.92 Å². The van der Waals surface area contributed by atoms with Gasteiger partial charge in [0.2, 0.25) is 5.91 Å². The maximum atomic E-state index is 11.9. The second kappa shape index (κ2) is 5.05. The summed E-state index contributed by atoms with van der Waals surface area (Å²) in [5, 5.41) is 3.20. The van der Waals surface area contributed by atoms with Crippen LogP contribution >= 0.6 is 0 Å². The molecular formula is C11H17F3N2O2. The summed E-state index contributed by atoms with van der Waals surface area (Å²) in [4.78, 5) is 13.6. The van der Waals surface area contributed by atoms with Crippen molar-refractivity contribution < 1.29 is 22.7 Å². The molecule has 104 valence electrons. The van der Waals surface area contributed by atoms with Gasteiger partial charge in [0.1, 0.15) is 13.2 Å². The maximum Gasteiger partial charge on any atom is 0.411 e. The molecule has 0 bridgehead atoms. The lowest BCUT2D eigenvalue weighted by molar-refractivity contribution is -0.178. The van der Waals surface area contributed by atoms with E-state index in [0.717, 1.165) is 19.5 Å². The van der Waals surface area contributed by atoms with Crippen molar-refractivity contribution in [3.63, 3.8) is 0 Å². The molecule has 0 radical (unpaired) electrons. The van der Waals surface area contributed by atoms with Crippen LogP contribution < -0.4 is 5.32 Å². The number of nitrogens with one attached hydrogen (secondary N) is 1. The number of ether oxygens (including phenoxy) is 1. The molecule has 2 saturated heterocycles. The average molecular weight is 266 g/mol. The summed E-state index contributed by atoms with van der Waals surface area (Å²) in [5.41, 5.74) is 0. The number of likely N-dealkylation sites (tertiary alicyclic amines) is 1. The van der Waals surface area contributed by atoms with Crippen LogP contribution in [0.1, 0.15) is 13.3 Å². The molecule has 2 rings (SSSR count). The van der Waals surface area contributed by atoms with E-state index >= 15 is 0 Å². The first-order chi connectivity index (χ1) is 8.38. The second-order valence-electron chi connectivity index (χ2n) is 4.98. The fourth-order valence-electron chi connectivity index (χ4n) is 2.92. The van der Waals surface area contributed by atoms with Crippen LogP contribution in [0.2, 0.25) is 0 Å². The SMILES string of the molecule is CC1CC2CNCC2N1C(=O)COCC(F)(F)F. The van der Waals surface area contributed by atoms with Crippen LogP contribution in [0.5, 0.6) is 0 Å². The zero-order valence-electron chi connectivity index (χ0n) is 10.2. The number of hydrogen-bond donors (Lipinski definition) is 1. The predicted octanol–water partition coefficient (Wildman–Crippen LogP) is 0.774. The van der Waals surface area contributed by atoms with Gasteiger partial charge in [-0.15, -0.1) is 0 Å². The van der Waals surface area contributed by atoms with Crippen LogP contribution in [0.15, 0.2) is 0 Å². The molecule has 0 spiro atoms. The van der Waals surface area contributed by atoms with Crippen molar-refractivity contribution in [2.45, 2.75) is 31.6 Å². The van der Waals surface area contributed by atoms with Crippen LogP contribution in [0.4, 0.5) is 13.2 Å². The molecule has 0 aromatic heterocycles. The van der Waals surface area contributed by atoms with Crippen LogP contribution in [0.25, 0.3) is 0 Å².